The number of hydrogen-bond acceptors (Lipinski definition) is 0. The molecule has 0 bridgehead atoms. The fourth-order valence-corrected chi connectivity index (χ4v) is 13.3. The molecule has 0 radical (unpaired) electrons. The van der Waals surface area contributed by atoms with Crippen molar-refractivity contribution in [2.45, 2.75) is 0 Å². The van der Waals surface area contributed by atoms with E-state index in [1.807, 2.05) is 0 Å². The van der Waals surface area contributed by atoms with E-state index in [-0.39, 0.29) is 0 Å². The van der Waals surface area contributed by atoms with E-state index in [1.54, 1.807) is 0 Å². The third kappa shape index (κ3) is 6.94. The average Bonchev–Trinajstić information content (AvgIpc) is 4.02. The highest BCUT2D eigenvalue weighted by molar-refractivity contribution is 6.45. The molecule has 0 amide bonds. The smallest absolute Gasteiger partial charge is 0.000719 e. The van der Waals surface area contributed by atoms with Crippen molar-refractivity contribution in [2.24, 2.45) is 0 Å². The van der Waals surface area contributed by atoms with Crippen LogP contribution in [-0.2, 0) is 0 Å². The van der Waals surface area contributed by atoms with E-state index in [0.29, 0.717) is 0 Å². The van der Waals surface area contributed by atoms with Gasteiger partial charge >= 0.3 is 0 Å². The number of rotatable bonds is 8. The Hall–Kier alpha value is -10.1. The lowest BCUT2D eigenvalue weighted by molar-refractivity contribution is 1.58. The van der Waals surface area contributed by atoms with Crippen molar-refractivity contribution in [3.8, 4) is 89.0 Å². The first-order valence-electron chi connectivity index (χ1n) is 27.1. The van der Waals surface area contributed by atoms with Gasteiger partial charge in [0, 0.05) is 0 Å². The summed E-state index contributed by atoms with van der Waals surface area (Å²) in [5.74, 6) is 0. The van der Waals surface area contributed by atoms with Gasteiger partial charge in [-0.15, -0.1) is 0 Å². The van der Waals surface area contributed by atoms with Crippen molar-refractivity contribution in [1.82, 2.24) is 0 Å². The number of benzene rings is 14. The lowest BCUT2D eigenvalue weighted by atomic mass is 9.81. The number of fused-ring (bicyclic) bond motifs is 8. The molecule has 0 aliphatic carbocycles. The Balaban J connectivity index is 1.11. The molecule has 0 unspecified atom stereocenters. The number of hydrogen-bond donors (Lipinski definition) is 0. The second kappa shape index (κ2) is 17.7. The molecule has 0 aliphatic rings. The molecule has 16 aromatic carbocycles. The van der Waals surface area contributed by atoms with E-state index in [1.165, 1.54) is 164 Å². The lowest BCUT2D eigenvalue weighted by Gasteiger charge is -2.21. The van der Waals surface area contributed by atoms with Crippen LogP contribution in [-0.4, -0.2) is 0 Å². The Labute approximate surface area is 453 Å². The highest BCUT2D eigenvalue weighted by Crippen LogP contribution is 2.56. The van der Waals surface area contributed by atoms with Gasteiger partial charge in [-0.05, 0) is 213 Å². The van der Waals surface area contributed by atoms with Gasteiger partial charge in [-0.1, -0.05) is 243 Å². The van der Waals surface area contributed by atoms with Gasteiger partial charge in [0.25, 0.3) is 0 Å². The second-order valence-corrected chi connectivity index (χ2v) is 21.0. The van der Waals surface area contributed by atoms with Crippen LogP contribution in [0.25, 0.3) is 164 Å². The first-order chi connectivity index (χ1) is 38.7. The molecule has 0 atom stereocenters. The maximum Gasteiger partial charge on any atom is -0.000719 e. The predicted octanol–water partition coefficient (Wildman–Crippen LogP) is 22.0. The molecule has 0 aliphatic heterocycles. The Kier molecular flexibility index (Phi) is 10.0. The average molecular weight is 985 g/mol. The van der Waals surface area contributed by atoms with E-state index in [0.717, 1.165) is 0 Å². The van der Waals surface area contributed by atoms with Crippen LogP contribution in [0.15, 0.2) is 291 Å². The summed E-state index contributed by atoms with van der Waals surface area (Å²) in [6.07, 6.45) is 0. The summed E-state index contributed by atoms with van der Waals surface area (Å²) < 4.78 is 0. The Morgan fingerprint density at radius 1 is 0.141 bits per heavy atom. The molecule has 0 saturated carbocycles. The monoisotopic (exact) mass is 984 g/mol. The minimum Gasteiger partial charge on any atom is -0.0622 e. The second-order valence-electron chi connectivity index (χ2n) is 21.0. The zero-order valence-electron chi connectivity index (χ0n) is 42.7. The SMILES string of the molecule is c1ccc(-c2cc(-c3ccccc3)cc(-c3c4cc5c6ccc(-c7ccccc7-c7ccccc7)cc6c6cccc(c4c(-c4cc(-c7ccccc7)cc(-c7ccccc7)c4)c4c7cccc8cccc(c34)c87)c65)c2)cc1. The summed E-state index contributed by atoms with van der Waals surface area (Å²) in [6.45, 7) is 0. The van der Waals surface area contributed by atoms with Crippen LogP contribution in [0.4, 0.5) is 0 Å². The fourth-order valence-electron chi connectivity index (χ4n) is 13.3. The minimum atomic E-state index is 1.19. The summed E-state index contributed by atoms with van der Waals surface area (Å²) in [5, 5.41) is 17.9. The molecule has 0 fully saturated rings. The van der Waals surface area contributed by atoms with Gasteiger partial charge in [0.1, 0.15) is 0 Å². The molecule has 0 N–H and O–H groups in total. The van der Waals surface area contributed by atoms with Gasteiger partial charge in [-0.25, -0.2) is 0 Å². The molecule has 78 heavy (non-hydrogen) atoms. The highest BCUT2D eigenvalue weighted by Gasteiger charge is 2.28. The molecule has 0 aromatic heterocycles. The van der Waals surface area contributed by atoms with Crippen LogP contribution in [0.3, 0.4) is 0 Å². The van der Waals surface area contributed by atoms with Gasteiger partial charge in [0.2, 0.25) is 0 Å². The summed E-state index contributed by atoms with van der Waals surface area (Å²) in [5.41, 5.74) is 19.4. The first kappa shape index (κ1) is 44.2. The van der Waals surface area contributed by atoms with Crippen LogP contribution in [0, 0.1) is 0 Å². The zero-order chi connectivity index (χ0) is 51.3. The van der Waals surface area contributed by atoms with Crippen LogP contribution >= 0.6 is 0 Å². The van der Waals surface area contributed by atoms with Crippen molar-refractivity contribution in [2.75, 3.05) is 0 Å². The van der Waals surface area contributed by atoms with Crippen molar-refractivity contribution >= 4 is 75.4 Å². The summed E-state index contributed by atoms with van der Waals surface area (Å²) in [4.78, 5) is 0. The normalized spacial score (nSPS) is 11.8. The molecule has 0 spiro atoms. The van der Waals surface area contributed by atoms with Gasteiger partial charge in [-0.3, -0.25) is 0 Å². The van der Waals surface area contributed by atoms with Crippen molar-refractivity contribution in [3.63, 3.8) is 0 Å². The van der Waals surface area contributed by atoms with Gasteiger partial charge in [0.05, 0.1) is 0 Å². The lowest BCUT2D eigenvalue weighted by Crippen LogP contribution is -1.94. The van der Waals surface area contributed by atoms with E-state index >= 15 is 0 Å². The first-order valence-corrected chi connectivity index (χ1v) is 27.1. The van der Waals surface area contributed by atoms with E-state index < -0.39 is 0 Å². The largest absolute Gasteiger partial charge is 0.0622 e. The van der Waals surface area contributed by atoms with Crippen molar-refractivity contribution < 1.29 is 0 Å². The molecular weight excluding hydrogens is 937 g/mol. The summed E-state index contributed by atoms with van der Waals surface area (Å²) >= 11 is 0. The van der Waals surface area contributed by atoms with Crippen molar-refractivity contribution in [1.29, 1.82) is 0 Å². The molecule has 0 nitrogen and oxygen atoms in total. The molecule has 360 valence electrons. The molecule has 16 rings (SSSR count). The maximum absolute atomic E-state index is 2.59. The third-order valence-electron chi connectivity index (χ3n) is 16.7. The van der Waals surface area contributed by atoms with Gasteiger partial charge in [0.15, 0.2) is 0 Å². The quantitative estimate of drug-likeness (QED) is 0.133. The predicted molar refractivity (Wildman–Crippen MR) is 335 cm³/mol. The van der Waals surface area contributed by atoms with Crippen LogP contribution in [0.2, 0.25) is 0 Å². The van der Waals surface area contributed by atoms with Gasteiger partial charge < -0.3 is 0 Å². The Morgan fingerprint density at radius 3 is 1.05 bits per heavy atom. The zero-order valence-corrected chi connectivity index (χ0v) is 42.7. The fraction of sp³-hybridized carbons (Fsp3) is 0. The summed E-state index contributed by atoms with van der Waals surface area (Å²) in [7, 11) is 0. The van der Waals surface area contributed by atoms with Crippen molar-refractivity contribution in [3.05, 3.63) is 291 Å². The maximum atomic E-state index is 2.59. The van der Waals surface area contributed by atoms with Gasteiger partial charge in [-0.2, -0.15) is 0 Å². The highest BCUT2D eigenvalue weighted by atomic mass is 14.3. The van der Waals surface area contributed by atoms with E-state index in [2.05, 4.69) is 291 Å². The molecule has 0 heteroatoms. The van der Waals surface area contributed by atoms with Crippen LogP contribution < -0.4 is 0 Å². The summed E-state index contributed by atoms with van der Waals surface area (Å²) in [6, 6.07) is 109. The molecular formula is C78H48. The van der Waals surface area contributed by atoms with Crippen LogP contribution in [0.1, 0.15) is 0 Å². The van der Waals surface area contributed by atoms with Crippen LogP contribution in [0.5, 0.6) is 0 Å². The third-order valence-corrected chi connectivity index (χ3v) is 16.7. The minimum absolute atomic E-state index is 1.19. The molecule has 16 aromatic rings. The van der Waals surface area contributed by atoms with E-state index in [4.69, 9.17) is 0 Å². The van der Waals surface area contributed by atoms with E-state index in [9.17, 15) is 0 Å². The Morgan fingerprint density at radius 2 is 0.538 bits per heavy atom. The standard InChI is InChI=1S/C78H48/c1-6-21-49(22-7-1)56-41-57(50-23-8-2-9-24-50)44-60(43-56)73-71-48-70-64-40-39-55(63-34-17-16-33-62(63)53-29-14-5-15-30-53)47-69(64)65-35-20-38-68(75(65)70)76(71)74(78-67-37-19-32-54-31-18-36-66(72(54)67)77(73)78)61-45-58(51-25-10-3-11-26-51)42-59(46-61)52-27-12-4-13-28-52/h1-48H. The Bertz CT molecular complexity index is 4840. The molecule has 0 saturated heterocycles. The topological polar surface area (TPSA) is 0 Å². The molecule has 0 heterocycles.